The Morgan fingerprint density at radius 2 is 2.00 bits per heavy atom. The van der Waals surface area contributed by atoms with Crippen molar-refractivity contribution >= 4 is 11.7 Å². The summed E-state index contributed by atoms with van der Waals surface area (Å²) in [6, 6.07) is 4.16. The van der Waals surface area contributed by atoms with E-state index in [1.54, 1.807) is 6.20 Å². The molecule has 31 heavy (non-hydrogen) atoms. The second-order valence-electron chi connectivity index (χ2n) is 8.77. The van der Waals surface area contributed by atoms with Crippen molar-refractivity contribution < 1.29 is 4.79 Å². The van der Waals surface area contributed by atoms with E-state index < -0.39 is 0 Å². The highest BCUT2D eigenvalue weighted by atomic mass is 16.1. The molecular weight excluding hydrogens is 388 g/mol. The van der Waals surface area contributed by atoms with Crippen molar-refractivity contribution in [1.29, 1.82) is 0 Å². The summed E-state index contributed by atoms with van der Waals surface area (Å²) >= 11 is 0. The fraction of sp³-hybridized carbons (Fsp3) is 0.417. The van der Waals surface area contributed by atoms with Crippen LogP contribution in [0.25, 0.3) is 11.1 Å². The maximum atomic E-state index is 12.4. The van der Waals surface area contributed by atoms with Gasteiger partial charge in [0.2, 0.25) is 0 Å². The summed E-state index contributed by atoms with van der Waals surface area (Å²) in [7, 11) is 1.94. The number of hydrogen-bond donors (Lipinski definition) is 1. The Balaban J connectivity index is 1.55. The summed E-state index contributed by atoms with van der Waals surface area (Å²) in [6.45, 7) is 10.5. The van der Waals surface area contributed by atoms with Gasteiger partial charge in [0.25, 0.3) is 5.91 Å². The molecule has 0 aromatic carbocycles. The van der Waals surface area contributed by atoms with E-state index in [2.05, 4.69) is 40.2 Å². The number of rotatable bonds is 5. The van der Waals surface area contributed by atoms with E-state index in [-0.39, 0.29) is 5.91 Å². The molecule has 1 N–H and O–H groups in total. The molecule has 0 bridgehead atoms. The fourth-order valence-corrected chi connectivity index (χ4v) is 4.06. The third-order valence-electron chi connectivity index (χ3n) is 5.65. The van der Waals surface area contributed by atoms with Crippen molar-refractivity contribution in [1.82, 2.24) is 25.1 Å². The molecule has 0 spiro atoms. The molecule has 0 unspecified atom stereocenters. The lowest BCUT2D eigenvalue weighted by Crippen LogP contribution is -2.32. The number of nitrogens with zero attached hydrogens (tertiary/aromatic N) is 5. The van der Waals surface area contributed by atoms with Crippen molar-refractivity contribution in [2.75, 3.05) is 18.0 Å². The molecule has 1 aliphatic rings. The minimum Gasteiger partial charge on any atom is -0.352 e. The van der Waals surface area contributed by atoms with Crippen LogP contribution in [0.3, 0.4) is 0 Å². The molecule has 7 heteroatoms. The van der Waals surface area contributed by atoms with Gasteiger partial charge in [0, 0.05) is 68.5 Å². The van der Waals surface area contributed by atoms with E-state index in [4.69, 9.17) is 4.98 Å². The summed E-state index contributed by atoms with van der Waals surface area (Å²) < 4.78 is 1.84. The number of anilines is 1. The van der Waals surface area contributed by atoms with Crippen LogP contribution in [0.2, 0.25) is 0 Å². The van der Waals surface area contributed by atoms with Gasteiger partial charge in [0.1, 0.15) is 5.82 Å². The van der Waals surface area contributed by atoms with Gasteiger partial charge in [-0.1, -0.05) is 13.8 Å². The number of fused-ring (bicyclic) bond motifs is 1. The molecule has 0 fully saturated rings. The van der Waals surface area contributed by atoms with Crippen LogP contribution in [0.4, 0.5) is 5.82 Å². The largest absolute Gasteiger partial charge is 0.352 e. The molecule has 1 aliphatic heterocycles. The molecule has 4 rings (SSSR count). The summed E-state index contributed by atoms with van der Waals surface area (Å²) in [5, 5.41) is 7.41. The number of carbonyl (C=O) groups is 1. The second-order valence-corrected chi connectivity index (χ2v) is 8.77. The summed E-state index contributed by atoms with van der Waals surface area (Å²) in [6.07, 6.45) is 6.54. The van der Waals surface area contributed by atoms with Gasteiger partial charge >= 0.3 is 0 Å². The molecule has 162 valence electrons. The molecule has 0 radical (unpaired) electrons. The van der Waals surface area contributed by atoms with Crippen molar-refractivity contribution in [2.45, 2.75) is 40.7 Å². The zero-order valence-corrected chi connectivity index (χ0v) is 18.9. The van der Waals surface area contributed by atoms with Crippen molar-refractivity contribution in [3.63, 3.8) is 0 Å². The van der Waals surface area contributed by atoms with E-state index in [9.17, 15) is 4.79 Å². The summed E-state index contributed by atoms with van der Waals surface area (Å²) in [5.74, 6) is 1.27. The smallest absolute Gasteiger partial charge is 0.252 e. The highest BCUT2D eigenvalue weighted by Crippen LogP contribution is 2.29. The molecule has 7 nitrogen and oxygen atoms in total. The quantitative estimate of drug-likeness (QED) is 0.687. The predicted molar refractivity (Wildman–Crippen MR) is 122 cm³/mol. The number of hydrogen-bond acceptors (Lipinski definition) is 5. The van der Waals surface area contributed by atoms with Crippen LogP contribution < -0.4 is 10.2 Å². The Hall–Kier alpha value is -3.22. The van der Waals surface area contributed by atoms with Crippen molar-refractivity contribution in [3.8, 4) is 11.1 Å². The summed E-state index contributed by atoms with van der Waals surface area (Å²) in [4.78, 5) is 24.0. The Kier molecular flexibility index (Phi) is 5.76. The lowest BCUT2D eigenvalue weighted by Gasteiger charge is -2.30. The molecule has 3 aromatic heterocycles. The maximum absolute atomic E-state index is 12.4. The van der Waals surface area contributed by atoms with E-state index in [1.807, 2.05) is 44.0 Å². The Morgan fingerprint density at radius 1 is 1.19 bits per heavy atom. The monoisotopic (exact) mass is 418 g/mol. The average Bonchev–Trinajstić information content (AvgIpc) is 3.09. The van der Waals surface area contributed by atoms with Gasteiger partial charge in [-0.15, -0.1) is 0 Å². The van der Waals surface area contributed by atoms with E-state index in [0.29, 0.717) is 18.0 Å². The second kappa shape index (κ2) is 8.49. The standard InChI is InChI=1S/C24H30N6O/c1-15(2)10-27-24(31)19-8-16(3)23(26-12-19)30-7-6-22-20(13-30)9-18(11-25-22)21-14-29(5)28-17(21)4/h8-9,11-12,14-15H,6-7,10,13H2,1-5H3,(H,27,31). The first-order chi connectivity index (χ1) is 14.8. The van der Waals surface area contributed by atoms with Gasteiger partial charge in [-0.05, 0) is 43.0 Å². The number of carbonyl (C=O) groups excluding carboxylic acids is 1. The highest BCUT2D eigenvalue weighted by molar-refractivity contribution is 5.94. The minimum atomic E-state index is -0.0690. The number of nitrogens with one attached hydrogen (secondary N) is 1. The normalized spacial score (nSPS) is 13.4. The third-order valence-corrected chi connectivity index (χ3v) is 5.65. The first-order valence-electron chi connectivity index (χ1n) is 10.8. The van der Waals surface area contributed by atoms with Crippen LogP contribution in [0, 0.1) is 19.8 Å². The molecule has 1 amide bonds. The third kappa shape index (κ3) is 4.45. The zero-order valence-electron chi connectivity index (χ0n) is 18.9. The van der Waals surface area contributed by atoms with Gasteiger partial charge < -0.3 is 10.2 Å². The van der Waals surface area contributed by atoms with Gasteiger partial charge in [-0.25, -0.2) is 4.98 Å². The van der Waals surface area contributed by atoms with Gasteiger partial charge in [0.15, 0.2) is 0 Å². The van der Waals surface area contributed by atoms with Gasteiger partial charge in [-0.3, -0.25) is 14.5 Å². The van der Waals surface area contributed by atoms with Crippen LogP contribution in [0.5, 0.6) is 0 Å². The molecule has 0 atom stereocenters. The number of amides is 1. The Labute approximate surface area is 183 Å². The van der Waals surface area contributed by atoms with Crippen molar-refractivity contribution in [3.05, 3.63) is 58.8 Å². The first kappa shape index (κ1) is 21.0. The maximum Gasteiger partial charge on any atom is 0.252 e. The number of aromatic nitrogens is 4. The molecular formula is C24H30N6O. The van der Waals surface area contributed by atoms with Crippen molar-refractivity contribution in [2.24, 2.45) is 13.0 Å². The van der Waals surface area contributed by atoms with Crippen LogP contribution in [-0.4, -0.2) is 38.7 Å². The summed E-state index contributed by atoms with van der Waals surface area (Å²) in [5.41, 5.74) is 7.17. The van der Waals surface area contributed by atoms with Crippen LogP contribution in [0.1, 0.15) is 46.7 Å². The molecule has 0 saturated carbocycles. The Morgan fingerprint density at radius 3 is 2.68 bits per heavy atom. The van der Waals surface area contributed by atoms with Gasteiger partial charge in [0.05, 0.1) is 11.3 Å². The van der Waals surface area contributed by atoms with E-state index in [0.717, 1.165) is 53.4 Å². The van der Waals surface area contributed by atoms with Gasteiger partial charge in [-0.2, -0.15) is 5.10 Å². The zero-order chi connectivity index (χ0) is 22.1. The van der Waals surface area contributed by atoms with Crippen LogP contribution >= 0.6 is 0 Å². The van der Waals surface area contributed by atoms with E-state index >= 15 is 0 Å². The van der Waals surface area contributed by atoms with E-state index in [1.165, 1.54) is 5.56 Å². The van der Waals surface area contributed by atoms with Crippen LogP contribution in [-0.2, 0) is 20.0 Å². The lowest BCUT2D eigenvalue weighted by atomic mass is 10.0. The minimum absolute atomic E-state index is 0.0690. The highest BCUT2D eigenvalue weighted by Gasteiger charge is 2.22. The topological polar surface area (TPSA) is 75.9 Å². The number of pyridine rings is 2. The fourth-order valence-electron chi connectivity index (χ4n) is 4.06. The average molecular weight is 419 g/mol. The molecule has 4 heterocycles. The number of aryl methyl sites for hydroxylation is 3. The SMILES string of the molecule is Cc1cc(C(=O)NCC(C)C)cnc1N1CCc2ncc(-c3cn(C)nc3C)cc2C1. The predicted octanol–water partition coefficient (Wildman–Crippen LogP) is 3.44. The molecule has 3 aromatic rings. The van der Waals surface area contributed by atoms with Crippen LogP contribution in [0.15, 0.2) is 30.7 Å². The first-order valence-corrected chi connectivity index (χ1v) is 10.8. The lowest BCUT2D eigenvalue weighted by molar-refractivity contribution is 0.0948. The molecule has 0 aliphatic carbocycles. The molecule has 0 saturated heterocycles. The Bertz CT molecular complexity index is 1120.